The molecule has 0 aliphatic heterocycles. The van der Waals surface area contributed by atoms with Crippen molar-refractivity contribution in [2.24, 2.45) is 0 Å². The number of aldehydes is 1. The SMILES string of the molecule is CN(Cc1ccc2ccc(Br)cc2n1)C(=O)OC(C)(C)C.O=Cc1ccc2ccc(Br)cc2n1. The van der Waals surface area contributed by atoms with Crippen molar-refractivity contribution in [3.8, 4) is 0 Å². The van der Waals surface area contributed by atoms with Crippen LogP contribution in [0.1, 0.15) is 37.0 Å². The summed E-state index contributed by atoms with van der Waals surface area (Å²) < 4.78 is 7.28. The standard InChI is InChI=1S/C16H19BrN2O2.C10H6BrNO/c1-16(2,3)21-15(20)19(4)10-13-8-6-11-5-7-12(17)9-14(11)18-13;11-8-3-1-7-2-4-9(6-13)12-10(7)5-8/h5-9H,10H2,1-4H3;1-6H. The van der Waals surface area contributed by atoms with Crippen LogP contribution in [0.15, 0.2) is 69.6 Å². The molecular formula is C26H25Br2N3O3. The monoisotopic (exact) mass is 585 g/mol. The summed E-state index contributed by atoms with van der Waals surface area (Å²) >= 11 is 6.79. The first kappa shape index (κ1) is 25.8. The molecular weight excluding hydrogens is 562 g/mol. The van der Waals surface area contributed by atoms with Crippen molar-refractivity contribution in [1.82, 2.24) is 14.9 Å². The first-order chi connectivity index (χ1) is 16.0. The molecule has 8 heteroatoms. The molecule has 0 N–H and O–H groups in total. The molecule has 4 rings (SSSR count). The van der Waals surface area contributed by atoms with Gasteiger partial charge in [0, 0.05) is 26.8 Å². The van der Waals surface area contributed by atoms with Crippen molar-refractivity contribution in [2.45, 2.75) is 32.9 Å². The fourth-order valence-electron chi connectivity index (χ4n) is 3.04. The maximum atomic E-state index is 11.9. The number of halogens is 2. The lowest BCUT2D eigenvalue weighted by Crippen LogP contribution is -2.34. The van der Waals surface area contributed by atoms with E-state index in [1.54, 1.807) is 13.1 Å². The Labute approximate surface area is 215 Å². The molecule has 0 atom stereocenters. The Bertz CT molecular complexity index is 1340. The number of carbonyl (C=O) groups is 2. The van der Waals surface area contributed by atoms with E-state index < -0.39 is 5.60 Å². The highest BCUT2D eigenvalue weighted by atomic mass is 79.9. The number of hydrogen-bond acceptors (Lipinski definition) is 5. The largest absolute Gasteiger partial charge is 0.444 e. The maximum absolute atomic E-state index is 11.9. The summed E-state index contributed by atoms with van der Waals surface area (Å²) in [5.41, 5.74) is 2.53. The molecule has 0 bridgehead atoms. The van der Waals surface area contributed by atoms with Gasteiger partial charge in [-0.2, -0.15) is 0 Å². The number of pyridine rings is 2. The van der Waals surface area contributed by atoms with Crippen molar-refractivity contribution < 1.29 is 14.3 Å². The summed E-state index contributed by atoms with van der Waals surface area (Å²) in [4.78, 5) is 32.7. The first-order valence-electron chi connectivity index (χ1n) is 10.5. The molecule has 0 aliphatic rings. The van der Waals surface area contributed by atoms with Crippen molar-refractivity contribution in [2.75, 3.05) is 7.05 Å². The van der Waals surface area contributed by atoms with Gasteiger partial charge in [0.05, 0.1) is 23.3 Å². The average molecular weight is 587 g/mol. The molecule has 2 aromatic heterocycles. The lowest BCUT2D eigenvalue weighted by atomic mass is 10.2. The lowest BCUT2D eigenvalue weighted by molar-refractivity contribution is 0.0283. The molecule has 0 aliphatic carbocycles. The van der Waals surface area contributed by atoms with E-state index in [-0.39, 0.29) is 6.09 Å². The third-order valence-electron chi connectivity index (χ3n) is 4.61. The highest BCUT2D eigenvalue weighted by Gasteiger charge is 2.19. The van der Waals surface area contributed by atoms with Crippen LogP contribution in [0.4, 0.5) is 4.79 Å². The quantitative estimate of drug-likeness (QED) is 0.238. The summed E-state index contributed by atoms with van der Waals surface area (Å²) in [6, 6.07) is 19.3. The van der Waals surface area contributed by atoms with E-state index in [0.29, 0.717) is 12.2 Å². The number of carbonyl (C=O) groups excluding carboxylic acids is 2. The van der Waals surface area contributed by atoms with E-state index in [2.05, 4.69) is 41.8 Å². The number of ether oxygens (including phenoxy) is 1. The van der Waals surface area contributed by atoms with Gasteiger partial charge in [-0.3, -0.25) is 9.78 Å². The van der Waals surface area contributed by atoms with E-state index in [1.807, 2.05) is 75.4 Å². The van der Waals surface area contributed by atoms with Crippen LogP contribution in [-0.4, -0.2) is 39.9 Å². The zero-order chi connectivity index (χ0) is 24.9. The zero-order valence-corrected chi connectivity index (χ0v) is 22.6. The van der Waals surface area contributed by atoms with E-state index in [0.717, 1.165) is 42.7 Å². The number of aromatic nitrogens is 2. The molecule has 6 nitrogen and oxygen atoms in total. The number of rotatable bonds is 3. The smallest absolute Gasteiger partial charge is 0.410 e. The first-order valence-corrected chi connectivity index (χ1v) is 12.1. The number of nitrogens with zero attached hydrogens (tertiary/aromatic N) is 3. The molecule has 0 unspecified atom stereocenters. The lowest BCUT2D eigenvalue weighted by Gasteiger charge is -2.24. The Morgan fingerprint density at radius 2 is 1.44 bits per heavy atom. The van der Waals surface area contributed by atoms with Gasteiger partial charge in [-0.1, -0.05) is 56.1 Å². The van der Waals surface area contributed by atoms with Crippen molar-refractivity contribution in [3.05, 3.63) is 81.0 Å². The predicted octanol–water partition coefficient (Wildman–Crippen LogP) is 7.17. The van der Waals surface area contributed by atoms with Gasteiger partial charge in [-0.15, -0.1) is 0 Å². The van der Waals surface area contributed by atoms with Gasteiger partial charge >= 0.3 is 6.09 Å². The Balaban J connectivity index is 0.000000212. The number of benzene rings is 2. The molecule has 0 spiro atoms. The normalized spacial score (nSPS) is 11.0. The molecule has 34 heavy (non-hydrogen) atoms. The van der Waals surface area contributed by atoms with Gasteiger partial charge < -0.3 is 9.64 Å². The highest BCUT2D eigenvalue weighted by molar-refractivity contribution is 9.10. The molecule has 0 radical (unpaired) electrons. The van der Waals surface area contributed by atoms with Crippen LogP contribution < -0.4 is 0 Å². The molecule has 0 saturated heterocycles. The van der Waals surface area contributed by atoms with Crippen LogP contribution in [0.5, 0.6) is 0 Å². The van der Waals surface area contributed by atoms with Crippen LogP contribution in [0.25, 0.3) is 21.8 Å². The summed E-state index contributed by atoms with van der Waals surface area (Å²) in [6.07, 6.45) is 0.402. The van der Waals surface area contributed by atoms with Gasteiger partial charge in [-0.25, -0.2) is 9.78 Å². The van der Waals surface area contributed by atoms with E-state index in [4.69, 9.17) is 4.74 Å². The van der Waals surface area contributed by atoms with Gasteiger partial charge in [0.2, 0.25) is 0 Å². The Kier molecular flexibility index (Phi) is 8.38. The van der Waals surface area contributed by atoms with E-state index >= 15 is 0 Å². The minimum absolute atomic E-state index is 0.348. The highest BCUT2D eigenvalue weighted by Crippen LogP contribution is 2.20. The summed E-state index contributed by atoms with van der Waals surface area (Å²) in [7, 11) is 1.71. The van der Waals surface area contributed by atoms with Crippen molar-refractivity contribution in [3.63, 3.8) is 0 Å². The molecule has 2 aromatic carbocycles. The Morgan fingerprint density at radius 3 is 2.00 bits per heavy atom. The molecule has 176 valence electrons. The van der Waals surface area contributed by atoms with Gasteiger partial charge in [0.25, 0.3) is 0 Å². The zero-order valence-electron chi connectivity index (χ0n) is 19.4. The van der Waals surface area contributed by atoms with E-state index in [9.17, 15) is 9.59 Å². The minimum Gasteiger partial charge on any atom is -0.444 e. The fraction of sp³-hybridized carbons (Fsp3) is 0.231. The second-order valence-corrected chi connectivity index (χ2v) is 10.5. The van der Waals surface area contributed by atoms with Crippen molar-refractivity contribution in [1.29, 1.82) is 0 Å². The summed E-state index contributed by atoms with van der Waals surface area (Å²) in [6.45, 7) is 5.97. The van der Waals surface area contributed by atoms with Gasteiger partial charge in [0.1, 0.15) is 11.3 Å². The summed E-state index contributed by atoms with van der Waals surface area (Å²) in [5.74, 6) is 0. The third-order valence-corrected chi connectivity index (χ3v) is 5.60. The average Bonchev–Trinajstić information content (AvgIpc) is 2.77. The predicted molar refractivity (Wildman–Crippen MR) is 142 cm³/mol. The van der Waals surface area contributed by atoms with Gasteiger partial charge in [-0.05, 0) is 57.2 Å². The van der Waals surface area contributed by atoms with Crippen molar-refractivity contribution >= 4 is 66.0 Å². The molecule has 0 saturated carbocycles. The third kappa shape index (κ3) is 7.33. The van der Waals surface area contributed by atoms with Crippen LogP contribution in [-0.2, 0) is 11.3 Å². The Hall–Kier alpha value is -2.84. The Morgan fingerprint density at radius 1 is 0.912 bits per heavy atom. The van der Waals surface area contributed by atoms with Crippen LogP contribution in [0.2, 0.25) is 0 Å². The van der Waals surface area contributed by atoms with Crippen LogP contribution >= 0.6 is 31.9 Å². The van der Waals surface area contributed by atoms with Crippen LogP contribution in [0.3, 0.4) is 0 Å². The second kappa shape index (κ2) is 11.1. The summed E-state index contributed by atoms with van der Waals surface area (Å²) in [5, 5.41) is 2.11. The number of fused-ring (bicyclic) bond motifs is 2. The molecule has 4 aromatic rings. The molecule has 1 amide bonds. The maximum Gasteiger partial charge on any atom is 0.410 e. The fourth-order valence-corrected chi connectivity index (χ4v) is 3.74. The molecule has 2 heterocycles. The molecule has 0 fully saturated rings. The van der Waals surface area contributed by atoms with Gasteiger partial charge in [0.15, 0.2) is 6.29 Å². The number of amides is 1. The van der Waals surface area contributed by atoms with Crippen LogP contribution in [0, 0.1) is 0 Å². The second-order valence-electron chi connectivity index (χ2n) is 8.67. The number of hydrogen-bond donors (Lipinski definition) is 0. The topological polar surface area (TPSA) is 72.4 Å². The van der Waals surface area contributed by atoms with E-state index in [1.165, 1.54) is 4.90 Å². The minimum atomic E-state index is -0.493.